The van der Waals surface area contributed by atoms with Crippen molar-refractivity contribution in [2.24, 2.45) is 0 Å². The normalized spacial score (nSPS) is 11.8. The highest BCUT2D eigenvalue weighted by atomic mass is 19.1. The van der Waals surface area contributed by atoms with Crippen LogP contribution in [0, 0.1) is 18.6 Å². The monoisotopic (exact) mass is 560 g/mol. The van der Waals surface area contributed by atoms with E-state index in [1.807, 2.05) is 6.92 Å². The minimum atomic E-state index is -0.744. The molecule has 3 aromatic heterocycles. The van der Waals surface area contributed by atoms with Crippen molar-refractivity contribution in [3.05, 3.63) is 100 Å². The molecule has 12 heteroatoms. The van der Waals surface area contributed by atoms with Crippen LogP contribution in [0.5, 0.6) is 11.5 Å². The number of rotatable bonds is 9. The maximum atomic E-state index is 15.1. The van der Waals surface area contributed by atoms with Gasteiger partial charge in [-0.25, -0.2) is 13.8 Å². The maximum absolute atomic E-state index is 15.1. The van der Waals surface area contributed by atoms with E-state index in [-0.39, 0.29) is 23.0 Å². The SMILES string of the molecule is COCC(C)Nc1n[nH]c2nccc(Oc3ccc(NC(=O)c4cc(C)cn(-c5ccc(F)cc5)c4=O)cc3F)c12. The molecule has 0 aliphatic heterocycles. The van der Waals surface area contributed by atoms with E-state index < -0.39 is 23.1 Å². The Hall–Kier alpha value is -5.10. The topological polar surface area (TPSA) is 123 Å². The van der Waals surface area contributed by atoms with Crippen LogP contribution >= 0.6 is 0 Å². The molecule has 0 radical (unpaired) electrons. The Bertz CT molecular complexity index is 1790. The fourth-order valence-electron chi connectivity index (χ4n) is 4.29. The number of aromatic nitrogens is 4. The molecule has 1 unspecified atom stereocenters. The van der Waals surface area contributed by atoms with E-state index in [0.717, 1.165) is 6.07 Å². The zero-order chi connectivity index (χ0) is 29.1. The fourth-order valence-corrected chi connectivity index (χ4v) is 4.29. The van der Waals surface area contributed by atoms with Gasteiger partial charge in [-0.05, 0) is 61.9 Å². The lowest BCUT2D eigenvalue weighted by Crippen LogP contribution is -2.28. The molecule has 0 aliphatic rings. The van der Waals surface area contributed by atoms with Crippen molar-refractivity contribution in [2.75, 3.05) is 24.4 Å². The highest BCUT2D eigenvalue weighted by molar-refractivity contribution is 6.04. The van der Waals surface area contributed by atoms with Crippen LogP contribution in [0.2, 0.25) is 0 Å². The lowest BCUT2D eigenvalue weighted by molar-refractivity contribution is 0.102. The Kier molecular flexibility index (Phi) is 7.74. The number of hydrogen-bond donors (Lipinski definition) is 3. The van der Waals surface area contributed by atoms with Gasteiger partial charge in [0, 0.05) is 49.1 Å². The van der Waals surface area contributed by atoms with Crippen molar-refractivity contribution >= 4 is 28.4 Å². The summed E-state index contributed by atoms with van der Waals surface area (Å²) in [5.74, 6) is -1.23. The van der Waals surface area contributed by atoms with Crippen molar-refractivity contribution in [1.29, 1.82) is 0 Å². The van der Waals surface area contributed by atoms with Crippen LogP contribution in [0.25, 0.3) is 16.7 Å². The molecular weight excluding hydrogens is 534 g/mol. The predicted molar refractivity (Wildman–Crippen MR) is 150 cm³/mol. The summed E-state index contributed by atoms with van der Waals surface area (Å²) >= 11 is 0. The zero-order valence-electron chi connectivity index (χ0n) is 22.4. The number of ether oxygens (including phenoxy) is 2. The Labute approximate surface area is 233 Å². The third-order valence-electron chi connectivity index (χ3n) is 6.14. The molecular formula is C29H26F2N6O4. The molecule has 210 valence electrons. The number of aromatic amines is 1. The molecule has 41 heavy (non-hydrogen) atoms. The molecule has 0 bridgehead atoms. The van der Waals surface area contributed by atoms with Gasteiger partial charge < -0.3 is 20.1 Å². The molecule has 5 aromatic rings. The number of halogens is 2. The van der Waals surface area contributed by atoms with Crippen LogP contribution in [-0.4, -0.2) is 45.4 Å². The number of methoxy groups -OCH3 is 1. The molecule has 10 nitrogen and oxygen atoms in total. The Morgan fingerprint density at radius 3 is 2.61 bits per heavy atom. The number of H-pyrrole nitrogens is 1. The van der Waals surface area contributed by atoms with Gasteiger partial charge in [0.25, 0.3) is 11.5 Å². The highest BCUT2D eigenvalue weighted by Gasteiger charge is 2.18. The van der Waals surface area contributed by atoms with Crippen LogP contribution in [0.4, 0.5) is 20.3 Å². The third-order valence-corrected chi connectivity index (χ3v) is 6.14. The summed E-state index contributed by atoms with van der Waals surface area (Å²) in [5.41, 5.74) is 0.831. The first-order chi connectivity index (χ1) is 19.7. The number of carbonyl (C=O) groups is 1. The van der Waals surface area contributed by atoms with Crippen LogP contribution in [0.15, 0.2) is 71.8 Å². The second kappa shape index (κ2) is 11.6. The Balaban J connectivity index is 1.37. The average molecular weight is 561 g/mol. The number of anilines is 2. The number of nitrogens with zero attached hydrogens (tertiary/aromatic N) is 3. The average Bonchev–Trinajstić information content (AvgIpc) is 3.35. The standard InChI is InChI=1S/C29H26F2N6O4/c1-16-12-21(29(39)37(14-16)20-7-4-18(30)5-8-20)28(38)34-19-6-9-23(22(31)13-19)41-24-10-11-32-26-25(24)27(36-35-26)33-17(2)15-40-3/h4-14,17H,15H2,1-3H3,(H,34,38)(H2,32,33,35,36). The molecule has 0 spiro atoms. The molecule has 1 atom stereocenters. The van der Waals surface area contributed by atoms with Gasteiger partial charge in [-0.3, -0.25) is 19.3 Å². The van der Waals surface area contributed by atoms with Gasteiger partial charge in [-0.15, -0.1) is 0 Å². The number of pyridine rings is 2. The van der Waals surface area contributed by atoms with Gasteiger partial charge >= 0.3 is 0 Å². The quantitative estimate of drug-likeness (QED) is 0.227. The van der Waals surface area contributed by atoms with Crippen LogP contribution in [0.3, 0.4) is 0 Å². The molecule has 3 heterocycles. The van der Waals surface area contributed by atoms with Gasteiger partial charge in [-0.1, -0.05) is 0 Å². The zero-order valence-corrected chi connectivity index (χ0v) is 22.4. The summed E-state index contributed by atoms with van der Waals surface area (Å²) in [6, 6.07) is 12.2. The number of fused-ring (bicyclic) bond motifs is 1. The molecule has 0 saturated heterocycles. The molecule has 3 N–H and O–H groups in total. The molecule has 0 saturated carbocycles. The van der Waals surface area contributed by atoms with E-state index >= 15 is 4.39 Å². The van der Waals surface area contributed by atoms with Crippen molar-refractivity contribution in [3.63, 3.8) is 0 Å². The number of amides is 1. The summed E-state index contributed by atoms with van der Waals surface area (Å²) in [7, 11) is 1.59. The van der Waals surface area contributed by atoms with E-state index in [9.17, 15) is 14.0 Å². The van der Waals surface area contributed by atoms with Gasteiger partial charge in [0.05, 0.1) is 6.61 Å². The Morgan fingerprint density at radius 2 is 1.88 bits per heavy atom. The van der Waals surface area contributed by atoms with Crippen LogP contribution in [0.1, 0.15) is 22.8 Å². The van der Waals surface area contributed by atoms with Gasteiger partial charge in [0.15, 0.2) is 23.0 Å². The van der Waals surface area contributed by atoms with Gasteiger partial charge in [-0.2, -0.15) is 5.10 Å². The van der Waals surface area contributed by atoms with E-state index in [4.69, 9.17) is 9.47 Å². The predicted octanol–water partition coefficient (Wildman–Crippen LogP) is 5.19. The van der Waals surface area contributed by atoms with Crippen molar-refractivity contribution in [1.82, 2.24) is 19.7 Å². The highest BCUT2D eigenvalue weighted by Crippen LogP contribution is 2.34. The summed E-state index contributed by atoms with van der Waals surface area (Å²) in [4.78, 5) is 30.3. The second-order valence-corrected chi connectivity index (χ2v) is 9.39. The van der Waals surface area contributed by atoms with Crippen LogP contribution < -0.4 is 20.9 Å². The first kappa shape index (κ1) is 27.5. The number of hydrogen-bond acceptors (Lipinski definition) is 7. The first-order valence-corrected chi connectivity index (χ1v) is 12.6. The lowest BCUT2D eigenvalue weighted by atomic mass is 10.1. The summed E-state index contributed by atoms with van der Waals surface area (Å²) in [6.07, 6.45) is 3.05. The minimum absolute atomic E-state index is 0.0626. The Morgan fingerprint density at radius 1 is 1.10 bits per heavy atom. The number of aryl methyl sites for hydroxylation is 1. The maximum Gasteiger partial charge on any atom is 0.267 e. The third kappa shape index (κ3) is 5.92. The van der Waals surface area contributed by atoms with Crippen LogP contribution in [-0.2, 0) is 4.74 Å². The molecule has 1 amide bonds. The summed E-state index contributed by atoms with van der Waals surface area (Å²) < 4.78 is 40.8. The summed E-state index contributed by atoms with van der Waals surface area (Å²) in [6.45, 7) is 4.08. The molecule has 2 aromatic carbocycles. The van der Waals surface area contributed by atoms with Gasteiger partial charge in [0.1, 0.15) is 22.5 Å². The fraction of sp³-hybridized carbons (Fsp3) is 0.172. The van der Waals surface area contributed by atoms with Crippen molar-refractivity contribution < 1.29 is 23.0 Å². The molecule has 0 fully saturated rings. The van der Waals surface area contributed by atoms with Crippen molar-refractivity contribution in [2.45, 2.75) is 19.9 Å². The minimum Gasteiger partial charge on any atom is -0.453 e. The van der Waals surface area contributed by atoms with Crippen molar-refractivity contribution in [3.8, 4) is 17.2 Å². The second-order valence-electron chi connectivity index (χ2n) is 9.39. The van der Waals surface area contributed by atoms with E-state index in [1.54, 1.807) is 26.3 Å². The van der Waals surface area contributed by atoms with Gasteiger partial charge in [0.2, 0.25) is 0 Å². The molecule has 5 rings (SSSR count). The first-order valence-electron chi connectivity index (χ1n) is 12.6. The molecule has 0 aliphatic carbocycles. The van der Waals surface area contributed by atoms with E-state index in [0.29, 0.717) is 40.5 Å². The van der Waals surface area contributed by atoms with E-state index in [2.05, 4.69) is 25.8 Å². The van der Waals surface area contributed by atoms with E-state index in [1.165, 1.54) is 53.2 Å². The summed E-state index contributed by atoms with van der Waals surface area (Å²) in [5, 5.41) is 13.4. The number of carbonyl (C=O) groups excluding carboxylic acids is 1. The smallest absolute Gasteiger partial charge is 0.267 e. The number of nitrogens with one attached hydrogen (secondary N) is 3. The lowest BCUT2D eigenvalue weighted by Gasteiger charge is -2.14. The number of benzene rings is 2. The largest absolute Gasteiger partial charge is 0.453 e.